The van der Waals surface area contributed by atoms with Gasteiger partial charge in [0.2, 0.25) is 6.29 Å². The quantitative estimate of drug-likeness (QED) is 0.153. The molecule has 0 aliphatic carbocycles. The fourth-order valence-corrected chi connectivity index (χ4v) is 5.18. The third-order valence-corrected chi connectivity index (χ3v) is 7.78. The minimum absolute atomic E-state index is 0.0411. The molecule has 0 radical (unpaired) electrons. The van der Waals surface area contributed by atoms with Gasteiger partial charge >= 0.3 is 0 Å². The molecule has 4 rings (SSSR count). The Morgan fingerprint density at radius 1 is 0.744 bits per heavy atom. The zero-order chi connectivity index (χ0) is 31.1. The zero-order valence-corrected chi connectivity index (χ0v) is 26.5. The molecule has 3 atom stereocenters. The topological polar surface area (TPSA) is 97.6 Å². The first-order valence-electron chi connectivity index (χ1n) is 15.3. The Kier molecular flexibility index (Phi) is 10.9. The van der Waals surface area contributed by atoms with Gasteiger partial charge in [-0.1, -0.05) is 80.6 Å². The zero-order valence-electron chi connectivity index (χ0n) is 26.5. The van der Waals surface area contributed by atoms with Gasteiger partial charge in [0.05, 0.1) is 12.2 Å². The Labute approximate surface area is 256 Å². The molecule has 3 unspecified atom stereocenters. The summed E-state index contributed by atoms with van der Waals surface area (Å²) in [7, 11) is 0. The number of aryl methyl sites for hydroxylation is 4. The lowest BCUT2D eigenvalue weighted by molar-refractivity contribution is -0.147. The van der Waals surface area contributed by atoms with Gasteiger partial charge < -0.3 is 19.7 Å². The largest absolute Gasteiger partial charge is 0.507 e. The molecule has 7 nitrogen and oxygen atoms in total. The van der Waals surface area contributed by atoms with Gasteiger partial charge in [-0.3, -0.25) is 0 Å². The van der Waals surface area contributed by atoms with Crippen molar-refractivity contribution in [3.8, 4) is 45.7 Å². The number of benzene rings is 3. The van der Waals surface area contributed by atoms with Crippen molar-refractivity contribution in [3.05, 3.63) is 76.9 Å². The van der Waals surface area contributed by atoms with E-state index >= 15 is 0 Å². The summed E-state index contributed by atoms with van der Waals surface area (Å²) < 4.78 is 12.0. The number of hydrogen-bond donors (Lipinski definition) is 2. The standard InChI is InChI=1S/C36H45N3O4/c1-8-10-11-27(9-2)21-42-36(26(7)40)43-28-14-17-31(32(41)20-28)35-38-33(29-15-12-22(3)18-24(29)5)37-34(39-35)30-16-13-23(4)19-25(30)6/h12-20,26-27,36,40-41H,8-11,21H2,1-7H3. The minimum Gasteiger partial charge on any atom is -0.507 e. The van der Waals surface area contributed by atoms with E-state index in [4.69, 9.17) is 24.4 Å². The number of ether oxygens (including phenoxy) is 2. The predicted molar refractivity (Wildman–Crippen MR) is 172 cm³/mol. The van der Waals surface area contributed by atoms with Crippen LogP contribution in [0.4, 0.5) is 0 Å². The Bertz CT molecular complexity index is 1470. The summed E-state index contributed by atoms with van der Waals surface area (Å²) in [6, 6.07) is 17.3. The van der Waals surface area contributed by atoms with E-state index in [-0.39, 0.29) is 5.75 Å². The first-order valence-corrected chi connectivity index (χ1v) is 15.3. The fraction of sp³-hybridized carbons (Fsp3) is 0.417. The highest BCUT2D eigenvalue weighted by Crippen LogP contribution is 2.34. The summed E-state index contributed by atoms with van der Waals surface area (Å²) >= 11 is 0. The summed E-state index contributed by atoms with van der Waals surface area (Å²) in [6.45, 7) is 14.7. The molecule has 0 amide bonds. The van der Waals surface area contributed by atoms with Gasteiger partial charge in [-0.25, -0.2) is 15.0 Å². The summed E-state index contributed by atoms with van der Waals surface area (Å²) in [5.41, 5.74) is 6.68. The SMILES string of the molecule is CCCCC(CC)COC(Oc1ccc(-c2nc(-c3ccc(C)cc3C)nc(-c3ccc(C)cc3C)n2)c(O)c1)C(C)O. The maximum Gasteiger partial charge on any atom is 0.225 e. The van der Waals surface area contributed by atoms with Crippen molar-refractivity contribution in [2.45, 2.75) is 86.5 Å². The molecular formula is C36H45N3O4. The van der Waals surface area contributed by atoms with Gasteiger partial charge in [-0.2, -0.15) is 0 Å². The van der Waals surface area contributed by atoms with Crippen LogP contribution < -0.4 is 4.74 Å². The molecule has 0 aliphatic heterocycles. The molecule has 0 saturated carbocycles. The first-order chi connectivity index (χ1) is 20.6. The number of hydrogen-bond acceptors (Lipinski definition) is 7. The monoisotopic (exact) mass is 583 g/mol. The van der Waals surface area contributed by atoms with E-state index < -0.39 is 12.4 Å². The third-order valence-electron chi connectivity index (χ3n) is 7.78. The van der Waals surface area contributed by atoms with Gasteiger partial charge in [0, 0.05) is 17.2 Å². The number of aliphatic hydroxyl groups excluding tert-OH is 1. The van der Waals surface area contributed by atoms with E-state index in [9.17, 15) is 10.2 Å². The van der Waals surface area contributed by atoms with E-state index in [1.165, 1.54) is 6.07 Å². The highest BCUT2D eigenvalue weighted by Gasteiger charge is 2.22. The van der Waals surface area contributed by atoms with Crippen molar-refractivity contribution in [2.24, 2.45) is 5.92 Å². The Hall–Kier alpha value is -3.81. The first kappa shape index (κ1) is 32.1. The second-order valence-electron chi connectivity index (χ2n) is 11.6. The normalized spacial score (nSPS) is 13.5. The number of phenolic OH excluding ortho intramolecular Hbond substituents is 1. The second-order valence-corrected chi connectivity index (χ2v) is 11.6. The molecule has 228 valence electrons. The lowest BCUT2D eigenvalue weighted by Gasteiger charge is -2.24. The van der Waals surface area contributed by atoms with Crippen LogP contribution in [0.2, 0.25) is 0 Å². The lowest BCUT2D eigenvalue weighted by Crippen LogP contribution is -2.34. The van der Waals surface area contributed by atoms with E-state index in [1.807, 2.05) is 38.1 Å². The van der Waals surface area contributed by atoms with Crippen LogP contribution in [0.3, 0.4) is 0 Å². The number of phenols is 1. The molecule has 4 aromatic rings. The van der Waals surface area contributed by atoms with Crippen LogP contribution in [-0.2, 0) is 4.74 Å². The Morgan fingerprint density at radius 3 is 1.74 bits per heavy atom. The number of aromatic hydroxyl groups is 1. The molecule has 0 saturated heterocycles. The summed E-state index contributed by atoms with van der Waals surface area (Å²) in [4.78, 5) is 14.5. The Balaban J connectivity index is 1.68. The molecule has 0 bridgehead atoms. The molecule has 0 aliphatic rings. The molecule has 0 fully saturated rings. The van der Waals surface area contributed by atoms with Gasteiger partial charge in [0.25, 0.3) is 0 Å². The molecule has 7 heteroatoms. The van der Waals surface area contributed by atoms with Gasteiger partial charge in [-0.05, 0) is 70.2 Å². The molecule has 1 aromatic heterocycles. The summed E-state index contributed by atoms with van der Waals surface area (Å²) in [6.07, 6.45) is 2.65. The van der Waals surface area contributed by atoms with Crippen LogP contribution in [-0.4, -0.2) is 44.2 Å². The molecule has 1 heterocycles. The highest BCUT2D eigenvalue weighted by atomic mass is 16.7. The number of rotatable bonds is 13. The van der Waals surface area contributed by atoms with Crippen LogP contribution in [0.15, 0.2) is 54.6 Å². The predicted octanol–water partition coefficient (Wildman–Crippen LogP) is 8.13. The van der Waals surface area contributed by atoms with Crippen LogP contribution in [0, 0.1) is 33.6 Å². The molecule has 0 spiro atoms. The molecule has 2 N–H and O–H groups in total. The van der Waals surface area contributed by atoms with Crippen molar-refractivity contribution in [1.29, 1.82) is 0 Å². The number of aliphatic hydroxyl groups is 1. The maximum atomic E-state index is 11.2. The van der Waals surface area contributed by atoms with Gasteiger partial charge in [0.1, 0.15) is 17.6 Å². The second kappa shape index (κ2) is 14.6. The number of unbranched alkanes of at least 4 members (excludes halogenated alkanes) is 1. The molecule has 3 aromatic carbocycles. The van der Waals surface area contributed by atoms with Gasteiger partial charge in [-0.15, -0.1) is 0 Å². The molecular weight excluding hydrogens is 538 g/mol. The van der Waals surface area contributed by atoms with E-state index in [0.29, 0.717) is 41.3 Å². The highest BCUT2D eigenvalue weighted by molar-refractivity contribution is 5.72. The van der Waals surface area contributed by atoms with Crippen LogP contribution in [0.5, 0.6) is 11.5 Å². The van der Waals surface area contributed by atoms with Crippen molar-refractivity contribution < 1.29 is 19.7 Å². The average molecular weight is 584 g/mol. The third kappa shape index (κ3) is 8.18. The van der Waals surface area contributed by atoms with Crippen molar-refractivity contribution in [3.63, 3.8) is 0 Å². The summed E-state index contributed by atoms with van der Waals surface area (Å²) in [5, 5.41) is 21.5. The van der Waals surface area contributed by atoms with Crippen molar-refractivity contribution in [1.82, 2.24) is 15.0 Å². The van der Waals surface area contributed by atoms with E-state index in [0.717, 1.165) is 59.1 Å². The maximum absolute atomic E-state index is 11.2. The fourth-order valence-electron chi connectivity index (χ4n) is 5.18. The number of nitrogens with zero attached hydrogens (tertiary/aromatic N) is 3. The van der Waals surface area contributed by atoms with Crippen molar-refractivity contribution in [2.75, 3.05) is 6.61 Å². The summed E-state index contributed by atoms with van der Waals surface area (Å²) in [5.74, 6) is 2.17. The lowest BCUT2D eigenvalue weighted by atomic mass is 10.0. The van der Waals surface area contributed by atoms with Crippen LogP contribution in [0.25, 0.3) is 34.2 Å². The van der Waals surface area contributed by atoms with E-state index in [2.05, 4.69) is 39.8 Å². The van der Waals surface area contributed by atoms with Crippen molar-refractivity contribution >= 4 is 0 Å². The smallest absolute Gasteiger partial charge is 0.225 e. The van der Waals surface area contributed by atoms with Crippen LogP contribution >= 0.6 is 0 Å². The average Bonchev–Trinajstić information content (AvgIpc) is 2.96. The molecule has 43 heavy (non-hydrogen) atoms. The van der Waals surface area contributed by atoms with Crippen LogP contribution in [0.1, 0.15) is 68.7 Å². The van der Waals surface area contributed by atoms with E-state index in [1.54, 1.807) is 19.1 Å². The number of aromatic nitrogens is 3. The Morgan fingerprint density at radius 2 is 1.28 bits per heavy atom. The van der Waals surface area contributed by atoms with Gasteiger partial charge in [0.15, 0.2) is 17.5 Å². The minimum atomic E-state index is -0.856.